The number of aromatic nitrogens is 8. The lowest BCUT2D eigenvalue weighted by atomic mass is 9.67. The second kappa shape index (κ2) is 24.3. The standard InChI is InChI=1S/C98H62N8/c1-10-32-63(33-11-1)68-54-56-75-78-62-87-80(61-84(78)97(83(75)59-68,70-42-20-6-21-43-70)71-44-22-7-23-45-71)79-58-69(55-57-86(79)105(87)95-101-91(64-34-12-2-13-35-64)99-92(102-95)65-36-14-3-15-37-65)77-60-81-74-50-28-30-52-82(74)98(72-46-24-8-25-47-72,73-48-26-9-27-49-73)89(81)90-88(77)76-51-29-31-53-85(76)106(90)96-103-93(66-38-16-4-17-39-66)100-94(104-96)67-40-18-5-19-41-67/h1-62H. The molecule has 21 rings (SSSR count). The minimum Gasteiger partial charge on any atom is -0.278 e. The molecule has 4 aromatic heterocycles. The van der Waals surface area contributed by atoms with E-state index >= 15 is 0 Å². The maximum absolute atomic E-state index is 5.64. The van der Waals surface area contributed by atoms with E-state index in [1.54, 1.807) is 0 Å². The van der Waals surface area contributed by atoms with Gasteiger partial charge in [0.1, 0.15) is 0 Å². The van der Waals surface area contributed by atoms with E-state index in [1.807, 2.05) is 72.8 Å². The van der Waals surface area contributed by atoms with Gasteiger partial charge < -0.3 is 0 Å². The number of hydrogen-bond donors (Lipinski definition) is 0. The largest absolute Gasteiger partial charge is 0.278 e. The highest BCUT2D eigenvalue weighted by Gasteiger charge is 2.50. The monoisotopic (exact) mass is 1350 g/mol. The van der Waals surface area contributed by atoms with Crippen molar-refractivity contribution in [1.82, 2.24) is 39.0 Å². The molecule has 0 unspecified atom stereocenters. The molecule has 19 aromatic rings. The molecule has 0 saturated carbocycles. The average molecular weight is 1350 g/mol. The first kappa shape index (κ1) is 60.7. The number of rotatable bonds is 12. The Morgan fingerprint density at radius 3 is 1.12 bits per heavy atom. The molecule has 4 heterocycles. The van der Waals surface area contributed by atoms with E-state index in [9.17, 15) is 0 Å². The molecule has 8 heteroatoms. The van der Waals surface area contributed by atoms with Gasteiger partial charge in [-0.25, -0.2) is 9.97 Å². The molecule has 0 bridgehead atoms. The molecule has 494 valence electrons. The van der Waals surface area contributed by atoms with Gasteiger partial charge >= 0.3 is 0 Å². The number of benzene rings is 15. The number of nitrogens with zero attached hydrogens (tertiary/aromatic N) is 8. The van der Waals surface area contributed by atoms with Gasteiger partial charge in [-0.2, -0.15) is 19.9 Å². The van der Waals surface area contributed by atoms with Crippen LogP contribution in [0.1, 0.15) is 44.5 Å². The Hall–Kier alpha value is -14.1. The maximum atomic E-state index is 5.64. The molecule has 0 amide bonds. The molecule has 2 aliphatic carbocycles. The van der Waals surface area contributed by atoms with Crippen molar-refractivity contribution < 1.29 is 0 Å². The minimum atomic E-state index is -0.835. The van der Waals surface area contributed by atoms with Crippen molar-refractivity contribution >= 4 is 43.6 Å². The third-order valence-electron chi connectivity index (χ3n) is 22.0. The number of hydrogen-bond acceptors (Lipinski definition) is 6. The summed E-state index contributed by atoms with van der Waals surface area (Å²) in [5.74, 6) is 3.32. The molecular weight excluding hydrogens is 1290 g/mol. The lowest BCUT2D eigenvalue weighted by Crippen LogP contribution is -2.29. The van der Waals surface area contributed by atoms with Crippen molar-refractivity contribution in [3.05, 3.63) is 421 Å². The van der Waals surface area contributed by atoms with Crippen LogP contribution >= 0.6 is 0 Å². The molecule has 0 N–H and O–H groups in total. The van der Waals surface area contributed by atoms with E-state index in [0.717, 1.165) is 127 Å². The zero-order chi connectivity index (χ0) is 69.9. The lowest BCUT2D eigenvalue weighted by molar-refractivity contribution is 0.770. The molecule has 15 aromatic carbocycles. The van der Waals surface area contributed by atoms with Crippen LogP contribution in [0.5, 0.6) is 0 Å². The summed E-state index contributed by atoms with van der Waals surface area (Å²) in [6, 6.07) is 136. The van der Waals surface area contributed by atoms with E-state index in [2.05, 4.69) is 312 Å². The van der Waals surface area contributed by atoms with Gasteiger partial charge in [0, 0.05) is 49.4 Å². The Balaban J connectivity index is 0.917. The van der Waals surface area contributed by atoms with Gasteiger partial charge in [0.05, 0.1) is 32.9 Å². The van der Waals surface area contributed by atoms with Crippen LogP contribution in [0.15, 0.2) is 376 Å². The van der Waals surface area contributed by atoms with Gasteiger partial charge in [-0.15, -0.1) is 0 Å². The average Bonchev–Trinajstić information content (AvgIpc) is 1.51. The second-order valence-electron chi connectivity index (χ2n) is 27.6. The molecule has 0 aliphatic heterocycles. The van der Waals surface area contributed by atoms with Crippen molar-refractivity contribution in [2.24, 2.45) is 0 Å². The van der Waals surface area contributed by atoms with Gasteiger partial charge in [0.15, 0.2) is 23.3 Å². The summed E-state index contributed by atoms with van der Waals surface area (Å²) >= 11 is 0. The van der Waals surface area contributed by atoms with Crippen molar-refractivity contribution in [1.29, 1.82) is 0 Å². The Labute approximate surface area is 612 Å². The van der Waals surface area contributed by atoms with E-state index < -0.39 is 10.8 Å². The summed E-state index contributed by atoms with van der Waals surface area (Å²) in [6.45, 7) is 0. The molecule has 8 nitrogen and oxygen atoms in total. The van der Waals surface area contributed by atoms with Gasteiger partial charge in [-0.1, -0.05) is 334 Å². The molecular formula is C98H62N8. The first-order chi connectivity index (χ1) is 52.6. The highest BCUT2D eigenvalue weighted by molar-refractivity contribution is 6.21. The van der Waals surface area contributed by atoms with Gasteiger partial charge in [-0.05, 0) is 126 Å². The lowest BCUT2D eigenvalue weighted by Gasteiger charge is -2.34. The normalized spacial score (nSPS) is 13.1. The molecule has 0 atom stereocenters. The summed E-state index contributed by atoms with van der Waals surface area (Å²) in [4.78, 5) is 33.0. The fourth-order valence-electron chi connectivity index (χ4n) is 17.5. The number of para-hydroxylation sites is 1. The van der Waals surface area contributed by atoms with E-state index in [1.165, 1.54) is 27.8 Å². The summed E-state index contributed by atoms with van der Waals surface area (Å²) in [7, 11) is 0. The minimum absolute atomic E-state index is 0.510. The molecule has 0 spiro atoms. The van der Waals surface area contributed by atoms with Crippen LogP contribution in [0.2, 0.25) is 0 Å². The van der Waals surface area contributed by atoms with Crippen LogP contribution in [0.3, 0.4) is 0 Å². The molecule has 0 saturated heterocycles. The summed E-state index contributed by atoms with van der Waals surface area (Å²) in [6.07, 6.45) is 0. The highest BCUT2D eigenvalue weighted by atomic mass is 15.2. The van der Waals surface area contributed by atoms with Crippen molar-refractivity contribution in [2.45, 2.75) is 10.8 Å². The summed E-state index contributed by atoms with van der Waals surface area (Å²) < 4.78 is 4.65. The van der Waals surface area contributed by atoms with Crippen molar-refractivity contribution in [2.75, 3.05) is 0 Å². The van der Waals surface area contributed by atoms with Crippen molar-refractivity contribution in [3.8, 4) is 102 Å². The SMILES string of the molecule is c1ccc(-c2ccc3c(c2)C(c2ccccc2)(c2ccccc2)c2cc4c5cc(-c6cc7c(c8c6c6ccccc6n8-c6nc(-c8ccccc8)nc(-c8ccccc8)n6)C(c6ccccc6)(c6ccccc6)c6ccccc6-7)ccc5n(-c5nc(-c6ccccc6)nc(-c6ccccc6)n5)c4cc2-3)cc1. The van der Waals surface area contributed by atoms with E-state index in [-0.39, 0.29) is 0 Å². The maximum Gasteiger partial charge on any atom is 0.238 e. The number of fused-ring (bicyclic) bond motifs is 13. The van der Waals surface area contributed by atoms with Crippen LogP contribution in [-0.2, 0) is 10.8 Å². The van der Waals surface area contributed by atoms with Gasteiger partial charge in [0.25, 0.3) is 0 Å². The summed E-state index contributed by atoms with van der Waals surface area (Å²) in [5.41, 5.74) is 24.2. The van der Waals surface area contributed by atoms with Gasteiger partial charge in [0.2, 0.25) is 11.9 Å². The summed E-state index contributed by atoms with van der Waals surface area (Å²) in [5, 5.41) is 4.21. The molecule has 0 radical (unpaired) electrons. The van der Waals surface area contributed by atoms with Crippen molar-refractivity contribution in [3.63, 3.8) is 0 Å². The highest BCUT2D eigenvalue weighted by Crippen LogP contribution is 2.62. The molecule has 2 aliphatic rings. The first-order valence-corrected chi connectivity index (χ1v) is 36.1. The second-order valence-corrected chi connectivity index (χ2v) is 27.6. The van der Waals surface area contributed by atoms with Crippen LogP contribution < -0.4 is 0 Å². The predicted octanol–water partition coefficient (Wildman–Crippen LogP) is 23.0. The fraction of sp³-hybridized carbons (Fsp3) is 0.0204. The Kier molecular flexibility index (Phi) is 13.9. The van der Waals surface area contributed by atoms with Crippen LogP contribution in [0.4, 0.5) is 0 Å². The van der Waals surface area contributed by atoms with Crippen LogP contribution in [0, 0.1) is 0 Å². The van der Waals surface area contributed by atoms with E-state index in [4.69, 9.17) is 29.9 Å². The fourth-order valence-corrected chi connectivity index (χ4v) is 17.5. The van der Waals surface area contributed by atoms with Crippen LogP contribution in [0.25, 0.3) is 146 Å². The van der Waals surface area contributed by atoms with Gasteiger partial charge in [-0.3, -0.25) is 9.13 Å². The topological polar surface area (TPSA) is 87.2 Å². The molecule has 106 heavy (non-hydrogen) atoms. The molecule has 0 fully saturated rings. The Morgan fingerprint density at radius 1 is 0.208 bits per heavy atom. The quantitative estimate of drug-likeness (QED) is 0.121. The Morgan fingerprint density at radius 2 is 0.604 bits per heavy atom. The third-order valence-corrected chi connectivity index (χ3v) is 22.0. The predicted molar refractivity (Wildman–Crippen MR) is 429 cm³/mol. The van der Waals surface area contributed by atoms with Crippen LogP contribution in [-0.4, -0.2) is 39.0 Å². The zero-order valence-electron chi connectivity index (χ0n) is 57.4. The zero-order valence-corrected chi connectivity index (χ0v) is 57.4. The third kappa shape index (κ3) is 9.20. The smallest absolute Gasteiger partial charge is 0.238 e. The Bertz CT molecular complexity index is 6450. The van der Waals surface area contributed by atoms with E-state index in [0.29, 0.717) is 35.2 Å². The first-order valence-electron chi connectivity index (χ1n) is 36.1.